The Hall–Kier alpha value is -1.95. The molecule has 3 rings (SSSR count). The van der Waals surface area contributed by atoms with E-state index in [2.05, 4.69) is 28.8 Å². The van der Waals surface area contributed by atoms with Crippen LogP contribution in [0.5, 0.6) is 0 Å². The fourth-order valence-corrected chi connectivity index (χ4v) is 3.18. The minimum atomic E-state index is 0.377. The first-order chi connectivity index (χ1) is 12.0. The van der Waals surface area contributed by atoms with Gasteiger partial charge < -0.3 is 9.64 Å². The van der Waals surface area contributed by atoms with E-state index < -0.39 is 0 Å². The van der Waals surface area contributed by atoms with Gasteiger partial charge in [-0.15, -0.1) is 0 Å². The fraction of sp³-hybridized carbons (Fsp3) is 0.632. The van der Waals surface area contributed by atoms with Gasteiger partial charge in [-0.2, -0.15) is 5.10 Å². The molecule has 25 heavy (non-hydrogen) atoms. The summed E-state index contributed by atoms with van der Waals surface area (Å²) in [5.41, 5.74) is 2.06. The van der Waals surface area contributed by atoms with Crippen molar-refractivity contribution in [3.8, 4) is 5.82 Å². The Morgan fingerprint density at radius 1 is 1.16 bits per heavy atom. The molecule has 0 aliphatic carbocycles. The van der Waals surface area contributed by atoms with Crippen LogP contribution in [0.2, 0.25) is 0 Å². The molecule has 1 aliphatic heterocycles. The molecule has 6 nitrogen and oxygen atoms in total. The smallest absolute Gasteiger partial charge is 0.174 e. The van der Waals surface area contributed by atoms with Crippen molar-refractivity contribution in [2.45, 2.75) is 53.1 Å². The molecule has 136 valence electrons. The number of aromatic nitrogens is 4. The summed E-state index contributed by atoms with van der Waals surface area (Å²) >= 11 is 0. The van der Waals surface area contributed by atoms with Gasteiger partial charge in [0.1, 0.15) is 5.82 Å². The third-order valence-electron chi connectivity index (χ3n) is 4.65. The maximum Gasteiger partial charge on any atom is 0.174 e. The molecule has 0 aromatic carbocycles. The first-order valence-corrected chi connectivity index (χ1v) is 9.25. The average molecular weight is 343 g/mol. The summed E-state index contributed by atoms with van der Waals surface area (Å²) in [5.74, 6) is 2.40. The van der Waals surface area contributed by atoms with Gasteiger partial charge in [0.25, 0.3) is 0 Å². The zero-order valence-corrected chi connectivity index (χ0v) is 15.8. The van der Waals surface area contributed by atoms with Gasteiger partial charge in [-0.25, -0.2) is 9.67 Å². The number of piperidine rings is 1. The highest BCUT2D eigenvalue weighted by Gasteiger charge is 2.21. The highest BCUT2D eigenvalue weighted by Crippen LogP contribution is 2.21. The highest BCUT2D eigenvalue weighted by atomic mass is 16.5. The van der Waals surface area contributed by atoms with Crippen LogP contribution < -0.4 is 4.90 Å². The Kier molecular flexibility index (Phi) is 5.68. The van der Waals surface area contributed by atoms with Crippen molar-refractivity contribution >= 4 is 5.82 Å². The van der Waals surface area contributed by atoms with Crippen molar-refractivity contribution in [3.05, 3.63) is 29.8 Å². The zero-order chi connectivity index (χ0) is 17.8. The van der Waals surface area contributed by atoms with E-state index in [1.165, 1.54) is 0 Å². The molecule has 2 aromatic rings. The standard InChI is InChI=1S/C19H29N5O/c1-14(2)7-10-25-17-5-8-23(9-6-17)18-12-20-13-19(21-18)24-16(4)11-15(3)22-24/h11-14,17H,5-10H2,1-4H3. The summed E-state index contributed by atoms with van der Waals surface area (Å²) in [6.45, 7) is 11.3. The van der Waals surface area contributed by atoms with E-state index in [9.17, 15) is 0 Å². The fourth-order valence-electron chi connectivity index (χ4n) is 3.18. The number of ether oxygens (including phenoxy) is 1. The molecule has 0 unspecified atom stereocenters. The molecular weight excluding hydrogens is 314 g/mol. The van der Waals surface area contributed by atoms with Crippen LogP contribution in [0.3, 0.4) is 0 Å². The number of rotatable bonds is 6. The Labute approximate surface area is 150 Å². The van der Waals surface area contributed by atoms with Crippen LogP contribution >= 0.6 is 0 Å². The lowest BCUT2D eigenvalue weighted by molar-refractivity contribution is 0.0311. The van der Waals surface area contributed by atoms with Crippen molar-refractivity contribution < 1.29 is 4.74 Å². The number of aryl methyl sites for hydroxylation is 2. The summed E-state index contributed by atoms with van der Waals surface area (Å²) in [7, 11) is 0. The second-order valence-corrected chi connectivity index (χ2v) is 7.31. The molecule has 3 heterocycles. The predicted molar refractivity (Wildman–Crippen MR) is 99.3 cm³/mol. The normalized spacial score (nSPS) is 16.0. The van der Waals surface area contributed by atoms with E-state index in [4.69, 9.17) is 9.72 Å². The second kappa shape index (κ2) is 7.95. The van der Waals surface area contributed by atoms with Gasteiger partial charge >= 0.3 is 0 Å². The van der Waals surface area contributed by atoms with Gasteiger partial charge in [0.2, 0.25) is 0 Å². The van der Waals surface area contributed by atoms with Gasteiger partial charge in [-0.05, 0) is 45.1 Å². The summed E-state index contributed by atoms with van der Waals surface area (Å²) in [6.07, 6.45) is 7.21. The lowest BCUT2D eigenvalue weighted by Crippen LogP contribution is -2.37. The molecule has 6 heteroatoms. The van der Waals surface area contributed by atoms with Crippen LogP contribution in [0.1, 0.15) is 44.5 Å². The lowest BCUT2D eigenvalue weighted by Gasteiger charge is -2.32. The van der Waals surface area contributed by atoms with Crippen molar-refractivity contribution in [1.82, 2.24) is 19.7 Å². The minimum absolute atomic E-state index is 0.377. The maximum absolute atomic E-state index is 6.01. The van der Waals surface area contributed by atoms with E-state index in [0.29, 0.717) is 12.0 Å². The molecule has 2 aromatic heterocycles. The van der Waals surface area contributed by atoms with Crippen LogP contribution in [-0.4, -0.2) is 45.5 Å². The van der Waals surface area contributed by atoms with Crippen LogP contribution in [-0.2, 0) is 4.74 Å². The Balaban J connectivity index is 1.60. The molecule has 0 radical (unpaired) electrons. The number of nitrogens with zero attached hydrogens (tertiary/aromatic N) is 5. The van der Waals surface area contributed by atoms with Gasteiger partial charge in [-0.3, -0.25) is 4.98 Å². The number of hydrogen-bond donors (Lipinski definition) is 0. The summed E-state index contributed by atoms with van der Waals surface area (Å²) in [6, 6.07) is 2.05. The summed E-state index contributed by atoms with van der Waals surface area (Å²) in [4.78, 5) is 11.4. The van der Waals surface area contributed by atoms with Gasteiger partial charge in [-0.1, -0.05) is 13.8 Å². The van der Waals surface area contributed by atoms with Crippen molar-refractivity contribution in [3.63, 3.8) is 0 Å². The first kappa shape index (κ1) is 17.9. The molecule has 1 fully saturated rings. The van der Waals surface area contributed by atoms with E-state index in [1.54, 1.807) is 6.20 Å². The van der Waals surface area contributed by atoms with E-state index in [1.807, 2.05) is 30.8 Å². The van der Waals surface area contributed by atoms with Gasteiger partial charge in [0.15, 0.2) is 5.82 Å². The van der Waals surface area contributed by atoms with E-state index >= 15 is 0 Å². The molecule has 0 atom stereocenters. The molecule has 0 amide bonds. The third kappa shape index (κ3) is 4.57. The second-order valence-electron chi connectivity index (χ2n) is 7.31. The molecular formula is C19H29N5O. The Morgan fingerprint density at radius 3 is 2.52 bits per heavy atom. The monoisotopic (exact) mass is 343 g/mol. The van der Waals surface area contributed by atoms with Crippen molar-refractivity contribution in [1.29, 1.82) is 0 Å². The quantitative estimate of drug-likeness (QED) is 0.805. The number of hydrogen-bond acceptors (Lipinski definition) is 5. The van der Waals surface area contributed by atoms with Gasteiger partial charge in [0, 0.05) is 25.4 Å². The molecule has 0 N–H and O–H groups in total. The molecule has 1 aliphatic rings. The maximum atomic E-state index is 6.01. The summed E-state index contributed by atoms with van der Waals surface area (Å²) in [5, 5.41) is 4.50. The molecule has 0 bridgehead atoms. The highest BCUT2D eigenvalue weighted by molar-refractivity contribution is 5.40. The van der Waals surface area contributed by atoms with Crippen LogP contribution in [0.15, 0.2) is 18.5 Å². The SMILES string of the molecule is Cc1cc(C)n(-c2cncc(N3CCC(OCCC(C)C)CC3)n2)n1. The minimum Gasteiger partial charge on any atom is -0.378 e. The van der Waals surface area contributed by atoms with Crippen LogP contribution in [0.25, 0.3) is 5.82 Å². The lowest BCUT2D eigenvalue weighted by atomic mass is 10.1. The van der Waals surface area contributed by atoms with Crippen molar-refractivity contribution in [2.75, 3.05) is 24.6 Å². The predicted octanol–water partition coefficient (Wildman–Crippen LogP) is 3.31. The Morgan fingerprint density at radius 2 is 1.88 bits per heavy atom. The summed E-state index contributed by atoms with van der Waals surface area (Å²) < 4.78 is 7.87. The van der Waals surface area contributed by atoms with E-state index in [-0.39, 0.29) is 0 Å². The first-order valence-electron chi connectivity index (χ1n) is 9.25. The molecule has 1 saturated heterocycles. The molecule has 0 saturated carbocycles. The average Bonchev–Trinajstić information content (AvgIpc) is 2.94. The van der Waals surface area contributed by atoms with Gasteiger partial charge in [0.05, 0.1) is 24.2 Å². The molecule has 0 spiro atoms. The largest absolute Gasteiger partial charge is 0.378 e. The van der Waals surface area contributed by atoms with Crippen LogP contribution in [0, 0.1) is 19.8 Å². The number of anilines is 1. The van der Waals surface area contributed by atoms with E-state index in [0.717, 1.165) is 62.0 Å². The third-order valence-corrected chi connectivity index (χ3v) is 4.65. The topological polar surface area (TPSA) is 56.1 Å². The zero-order valence-electron chi connectivity index (χ0n) is 15.8. The van der Waals surface area contributed by atoms with Crippen LogP contribution in [0.4, 0.5) is 5.82 Å². The van der Waals surface area contributed by atoms with Crippen molar-refractivity contribution in [2.24, 2.45) is 5.92 Å². The Bertz CT molecular complexity index is 689.